The molecule has 0 aliphatic carbocycles. The topological polar surface area (TPSA) is 30.5 Å². The van der Waals surface area contributed by atoms with Gasteiger partial charge in [0, 0.05) is 13.1 Å². The number of hydrogen-bond acceptors (Lipinski definition) is 3. The maximum absolute atomic E-state index is 5.97. The maximum Gasteiger partial charge on any atom is 0.161 e. The zero-order valence-corrected chi connectivity index (χ0v) is 16.1. The molecule has 3 aromatic rings. The van der Waals surface area contributed by atoms with Gasteiger partial charge in [-0.1, -0.05) is 66.2 Å². The highest BCUT2D eigenvalue weighted by molar-refractivity contribution is 5.43. The summed E-state index contributed by atoms with van der Waals surface area (Å²) >= 11 is 0. The van der Waals surface area contributed by atoms with E-state index in [1.54, 1.807) is 0 Å². The van der Waals surface area contributed by atoms with Crippen LogP contribution < -0.4 is 14.8 Å². The van der Waals surface area contributed by atoms with Gasteiger partial charge in [0.05, 0.1) is 6.61 Å². The van der Waals surface area contributed by atoms with E-state index in [-0.39, 0.29) is 0 Å². The molecular weight excluding hydrogens is 334 g/mol. The van der Waals surface area contributed by atoms with Crippen LogP contribution in [0.4, 0.5) is 0 Å². The van der Waals surface area contributed by atoms with Gasteiger partial charge in [-0.2, -0.15) is 0 Å². The van der Waals surface area contributed by atoms with Gasteiger partial charge in [0.1, 0.15) is 6.61 Å². The third kappa shape index (κ3) is 5.87. The Hall–Kier alpha value is -2.78. The van der Waals surface area contributed by atoms with Crippen LogP contribution in [-0.2, 0) is 19.7 Å². The van der Waals surface area contributed by atoms with E-state index in [1.165, 1.54) is 16.7 Å². The highest BCUT2D eigenvalue weighted by Crippen LogP contribution is 2.29. The summed E-state index contributed by atoms with van der Waals surface area (Å²) in [7, 11) is 0. The second-order valence-corrected chi connectivity index (χ2v) is 6.58. The van der Waals surface area contributed by atoms with E-state index in [0.29, 0.717) is 13.2 Å². The first-order valence-electron chi connectivity index (χ1n) is 9.43. The molecule has 0 saturated carbocycles. The van der Waals surface area contributed by atoms with Crippen molar-refractivity contribution >= 4 is 0 Å². The van der Waals surface area contributed by atoms with Crippen molar-refractivity contribution in [3.63, 3.8) is 0 Å². The molecule has 0 bridgehead atoms. The van der Waals surface area contributed by atoms with Crippen molar-refractivity contribution in [1.29, 1.82) is 0 Å². The summed E-state index contributed by atoms with van der Waals surface area (Å²) in [6, 6.07) is 24.9. The quantitative estimate of drug-likeness (QED) is 0.564. The number of nitrogens with one attached hydrogen (secondary N) is 1. The van der Waals surface area contributed by atoms with Crippen molar-refractivity contribution in [1.82, 2.24) is 5.32 Å². The van der Waals surface area contributed by atoms with E-state index < -0.39 is 0 Å². The first kappa shape index (κ1) is 19.0. The number of rotatable bonds is 9. The van der Waals surface area contributed by atoms with Crippen molar-refractivity contribution in [2.75, 3.05) is 6.61 Å². The van der Waals surface area contributed by atoms with Crippen LogP contribution in [0.3, 0.4) is 0 Å². The van der Waals surface area contributed by atoms with Gasteiger partial charge >= 0.3 is 0 Å². The average molecular weight is 361 g/mol. The fourth-order valence-corrected chi connectivity index (χ4v) is 2.84. The minimum absolute atomic E-state index is 0.534. The smallest absolute Gasteiger partial charge is 0.161 e. The zero-order chi connectivity index (χ0) is 18.9. The molecule has 0 aliphatic heterocycles. The zero-order valence-electron chi connectivity index (χ0n) is 16.1. The van der Waals surface area contributed by atoms with Crippen molar-refractivity contribution in [3.8, 4) is 11.5 Å². The van der Waals surface area contributed by atoms with Gasteiger partial charge < -0.3 is 14.8 Å². The second-order valence-electron chi connectivity index (χ2n) is 6.58. The van der Waals surface area contributed by atoms with Gasteiger partial charge in [0.25, 0.3) is 0 Å². The Bertz CT molecular complexity index is 829. The molecule has 0 unspecified atom stereocenters. The Morgan fingerprint density at radius 3 is 2.15 bits per heavy atom. The van der Waals surface area contributed by atoms with Gasteiger partial charge in [-0.25, -0.2) is 0 Å². The minimum Gasteiger partial charge on any atom is -0.490 e. The lowest BCUT2D eigenvalue weighted by molar-refractivity contribution is 0.269. The van der Waals surface area contributed by atoms with E-state index in [2.05, 4.69) is 60.8 Å². The molecular formula is C24H27NO2. The second kappa shape index (κ2) is 9.79. The summed E-state index contributed by atoms with van der Waals surface area (Å²) in [6.07, 6.45) is 0. The Morgan fingerprint density at radius 1 is 0.704 bits per heavy atom. The molecule has 3 rings (SSSR count). The summed E-state index contributed by atoms with van der Waals surface area (Å²) in [5.74, 6) is 1.58. The van der Waals surface area contributed by atoms with E-state index in [0.717, 1.165) is 30.2 Å². The first-order valence-corrected chi connectivity index (χ1v) is 9.43. The molecule has 0 aliphatic rings. The summed E-state index contributed by atoms with van der Waals surface area (Å²) in [5.41, 5.74) is 4.89. The van der Waals surface area contributed by atoms with Crippen LogP contribution in [0.15, 0.2) is 72.8 Å². The average Bonchev–Trinajstić information content (AvgIpc) is 2.70. The normalized spacial score (nSPS) is 10.6. The van der Waals surface area contributed by atoms with E-state index in [1.807, 2.05) is 31.2 Å². The Morgan fingerprint density at radius 2 is 1.41 bits per heavy atom. The van der Waals surface area contributed by atoms with Crippen LogP contribution in [0.5, 0.6) is 11.5 Å². The van der Waals surface area contributed by atoms with Crippen molar-refractivity contribution in [2.24, 2.45) is 0 Å². The van der Waals surface area contributed by atoms with Crippen LogP contribution in [0, 0.1) is 6.92 Å². The van der Waals surface area contributed by atoms with Crippen LogP contribution >= 0.6 is 0 Å². The predicted molar refractivity (Wildman–Crippen MR) is 110 cm³/mol. The maximum atomic E-state index is 5.97. The lowest BCUT2D eigenvalue weighted by Crippen LogP contribution is -2.13. The van der Waals surface area contributed by atoms with E-state index in [9.17, 15) is 0 Å². The SMILES string of the molecule is CCOc1cc(CNCc2ccc(C)cc2)ccc1OCc1ccccc1. The van der Waals surface area contributed by atoms with Crippen molar-refractivity contribution < 1.29 is 9.47 Å². The van der Waals surface area contributed by atoms with Crippen LogP contribution in [0.1, 0.15) is 29.2 Å². The molecule has 0 heterocycles. The standard InChI is InChI=1S/C24H27NO2/c1-3-26-24-15-22(17-25-16-20-11-9-19(2)10-12-20)13-14-23(24)27-18-21-7-5-4-6-8-21/h4-15,25H,3,16-18H2,1-2H3. The molecule has 0 radical (unpaired) electrons. The number of ether oxygens (including phenoxy) is 2. The fraction of sp³-hybridized carbons (Fsp3) is 0.250. The van der Waals surface area contributed by atoms with E-state index in [4.69, 9.17) is 9.47 Å². The molecule has 3 heteroatoms. The Kier molecular flexibility index (Phi) is 6.89. The Labute approximate surface area is 162 Å². The van der Waals surface area contributed by atoms with Gasteiger partial charge in [-0.05, 0) is 42.7 Å². The first-order chi connectivity index (χ1) is 13.2. The third-order valence-electron chi connectivity index (χ3n) is 4.32. The third-order valence-corrected chi connectivity index (χ3v) is 4.32. The largest absolute Gasteiger partial charge is 0.490 e. The summed E-state index contributed by atoms with van der Waals surface area (Å²) in [6.45, 7) is 6.87. The molecule has 140 valence electrons. The van der Waals surface area contributed by atoms with Crippen LogP contribution in [0.25, 0.3) is 0 Å². The van der Waals surface area contributed by atoms with Crippen molar-refractivity contribution in [2.45, 2.75) is 33.5 Å². The molecule has 27 heavy (non-hydrogen) atoms. The van der Waals surface area contributed by atoms with Crippen LogP contribution in [-0.4, -0.2) is 6.61 Å². The monoisotopic (exact) mass is 361 g/mol. The molecule has 1 N–H and O–H groups in total. The van der Waals surface area contributed by atoms with Crippen LogP contribution in [0.2, 0.25) is 0 Å². The molecule has 0 saturated heterocycles. The molecule has 3 nitrogen and oxygen atoms in total. The lowest BCUT2D eigenvalue weighted by atomic mass is 10.1. The minimum atomic E-state index is 0.534. The summed E-state index contributed by atoms with van der Waals surface area (Å²) in [4.78, 5) is 0. The number of hydrogen-bond donors (Lipinski definition) is 1. The summed E-state index contributed by atoms with van der Waals surface area (Å²) < 4.78 is 11.8. The fourth-order valence-electron chi connectivity index (χ4n) is 2.84. The molecule has 0 amide bonds. The van der Waals surface area contributed by atoms with E-state index >= 15 is 0 Å². The summed E-state index contributed by atoms with van der Waals surface area (Å²) in [5, 5.41) is 3.49. The molecule has 0 spiro atoms. The van der Waals surface area contributed by atoms with Gasteiger partial charge in [0.2, 0.25) is 0 Å². The lowest BCUT2D eigenvalue weighted by Gasteiger charge is -2.14. The molecule has 0 atom stereocenters. The predicted octanol–water partition coefficient (Wildman–Crippen LogP) is 5.26. The highest BCUT2D eigenvalue weighted by atomic mass is 16.5. The van der Waals surface area contributed by atoms with Gasteiger partial charge in [-0.15, -0.1) is 0 Å². The number of benzene rings is 3. The molecule has 0 fully saturated rings. The van der Waals surface area contributed by atoms with Crippen molar-refractivity contribution in [3.05, 3.63) is 95.1 Å². The molecule has 0 aromatic heterocycles. The number of aryl methyl sites for hydroxylation is 1. The Balaban J connectivity index is 1.59. The molecule has 3 aromatic carbocycles. The van der Waals surface area contributed by atoms with Gasteiger partial charge in [0.15, 0.2) is 11.5 Å². The van der Waals surface area contributed by atoms with Gasteiger partial charge in [-0.3, -0.25) is 0 Å². The highest BCUT2D eigenvalue weighted by Gasteiger charge is 2.07.